The van der Waals surface area contributed by atoms with Crippen LogP contribution in [0.2, 0.25) is 0 Å². The molecule has 0 spiro atoms. The van der Waals surface area contributed by atoms with E-state index in [4.69, 9.17) is 4.18 Å². The normalized spacial score (nSPS) is 17.6. The van der Waals surface area contributed by atoms with Crippen molar-refractivity contribution >= 4 is 20.2 Å². The standard InChI is InChI=1S/C10H20F2O6S2/c1-4-10(18-20(15,16)9(3)6-12)7-17-19(13,14)8(2)5-11/h8-10H,4-7H2,1-3H3. The highest BCUT2D eigenvalue weighted by atomic mass is 32.2. The van der Waals surface area contributed by atoms with E-state index in [0.29, 0.717) is 0 Å². The van der Waals surface area contributed by atoms with Crippen LogP contribution in [0.5, 0.6) is 0 Å². The number of alkyl halides is 2. The lowest BCUT2D eigenvalue weighted by Crippen LogP contribution is -2.32. The van der Waals surface area contributed by atoms with Crippen LogP contribution in [0.1, 0.15) is 27.2 Å². The zero-order valence-corrected chi connectivity index (χ0v) is 13.2. The minimum absolute atomic E-state index is 0.137. The third-order valence-electron chi connectivity index (χ3n) is 2.56. The van der Waals surface area contributed by atoms with Crippen molar-refractivity contribution in [2.45, 2.75) is 43.8 Å². The maximum Gasteiger partial charge on any atom is 0.272 e. The number of hydrogen-bond acceptors (Lipinski definition) is 6. The topological polar surface area (TPSA) is 86.7 Å². The average molecular weight is 338 g/mol. The van der Waals surface area contributed by atoms with Gasteiger partial charge < -0.3 is 0 Å². The summed E-state index contributed by atoms with van der Waals surface area (Å²) in [5, 5.41) is -2.70. The molecular formula is C10H20F2O6S2. The molecule has 0 saturated heterocycles. The van der Waals surface area contributed by atoms with Crippen LogP contribution >= 0.6 is 0 Å². The maximum atomic E-state index is 12.3. The molecule has 122 valence electrons. The van der Waals surface area contributed by atoms with Gasteiger partial charge in [0.2, 0.25) is 0 Å². The fraction of sp³-hybridized carbons (Fsp3) is 1.00. The highest BCUT2D eigenvalue weighted by molar-refractivity contribution is 7.87. The fourth-order valence-electron chi connectivity index (χ4n) is 0.939. The first kappa shape index (κ1) is 19.7. The van der Waals surface area contributed by atoms with E-state index in [1.54, 1.807) is 6.92 Å². The van der Waals surface area contributed by atoms with Crippen molar-refractivity contribution in [2.75, 3.05) is 20.0 Å². The Kier molecular flexibility index (Phi) is 8.07. The van der Waals surface area contributed by atoms with E-state index >= 15 is 0 Å². The molecule has 0 heterocycles. The molecule has 0 N–H and O–H groups in total. The Balaban J connectivity index is 4.67. The lowest BCUT2D eigenvalue weighted by molar-refractivity contribution is 0.131. The number of rotatable bonds is 10. The Morgan fingerprint density at radius 1 is 0.950 bits per heavy atom. The van der Waals surface area contributed by atoms with Crippen LogP contribution in [-0.2, 0) is 28.6 Å². The SMILES string of the molecule is CCC(COS(=O)(=O)C(C)CF)OS(=O)(=O)C(C)CF. The summed E-state index contributed by atoms with van der Waals surface area (Å²) in [7, 11) is -8.26. The molecule has 0 fully saturated rings. The molecule has 0 rings (SSSR count). The largest absolute Gasteiger partial charge is 0.272 e. The molecule has 0 aliphatic heterocycles. The van der Waals surface area contributed by atoms with Gasteiger partial charge >= 0.3 is 0 Å². The molecule has 0 aliphatic rings. The van der Waals surface area contributed by atoms with Gasteiger partial charge in [-0.25, -0.2) is 8.78 Å². The predicted octanol–water partition coefficient (Wildman–Crippen LogP) is 1.17. The van der Waals surface area contributed by atoms with Gasteiger partial charge in [0.25, 0.3) is 20.2 Å². The minimum atomic E-state index is -4.14. The molecule has 0 radical (unpaired) electrons. The van der Waals surface area contributed by atoms with Crippen molar-refractivity contribution in [1.82, 2.24) is 0 Å². The zero-order valence-electron chi connectivity index (χ0n) is 11.6. The van der Waals surface area contributed by atoms with E-state index < -0.39 is 56.8 Å². The Labute approximate surface area is 118 Å². The molecule has 20 heavy (non-hydrogen) atoms. The van der Waals surface area contributed by atoms with Gasteiger partial charge in [-0.05, 0) is 20.3 Å². The predicted molar refractivity (Wildman–Crippen MR) is 69.8 cm³/mol. The fourth-order valence-corrected chi connectivity index (χ4v) is 2.58. The molecule has 0 aromatic carbocycles. The molecule has 0 aromatic heterocycles. The van der Waals surface area contributed by atoms with Crippen LogP contribution in [-0.4, -0.2) is 53.4 Å². The summed E-state index contributed by atoms with van der Waals surface area (Å²) in [6, 6.07) is 0. The van der Waals surface area contributed by atoms with E-state index in [-0.39, 0.29) is 6.42 Å². The Bertz CT molecular complexity index is 476. The van der Waals surface area contributed by atoms with Crippen molar-refractivity contribution in [2.24, 2.45) is 0 Å². The molecule has 3 atom stereocenters. The second kappa shape index (κ2) is 8.20. The van der Waals surface area contributed by atoms with Gasteiger partial charge in [0.05, 0.1) is 6.61 Å². The quantitative estimate of drug-likeness (QED) is 0.556. The summed E-state index contributed by atoms with van der Waals surface area (Å²) in [6.07, 6.45) is -0.937. The van der Waals surface area contributed by atoms with Crippen molar-refractivity contribution < 1.29 is 34.0 Å². The second-order valence-corrected chi connectivity index (χ2v) is 8.34. The molecule has 0 saturated carbocycles. The van der Waals surface area contributed by atoms with Gasteiger partial charge in [-0.15, -0.1) is 0 Å². The summed E-state index contributed by atoms with van der Waals surface area (Å²) in [5.41, 5.74) is 0. The van der Waals surface area contributed by atoms with Gasteiger partial charge in [0, 0.05) is 0 Å². The maximum absolute atomic E-state index is 12.3. The summed E-state index contributed by atoms with van der Waals surface area (Å²) < 4.78 is 79.7. The van der Waals surface area contributed by atoms with Crippen LogP contribution < -0.4 is 0 Å². The van der Waals surface area contributed by atoms with Crippen molar-refractivity contribution in [3.63, 3.8) is 0 Å². The average Bonchev–Trinajstić information content (AvgIpc) is 2.41. The highest BCUT2D eigenvalue weighted by Crippen LogP contribution is 2.13. The monoisotopic (exact) mass is 338 g/mol. The second-order valence-electron chi connectivity index (χ2n) is 4.33. The molecule has 6 nitrogen and oxygen atoms in total. The Morgan fingerprint density at radius 3 is 1.80 bits per heavy atom. The van der Waals surface area contributed by atoms with E-state index in [9.17, 15) is 25.6 Å². The van der Waals surface area contributed by atoms with Gasteiger partial charge in [-0.2, -0.15) is 16.8 Å². The highest BCUT2D eigenvalue weighted by Gasteiger charge is 2.28. The van der Waals surface area contributed by atoms with Crippen molar-refractivity contribution in [3.8, 4) is 0 Å². The first-order valence-corrected chi connectivity index (χ1v) is 8.97. The number of halogens is 2. The van der Waals surface area contributed by atoms with E-state index in [1.807, 2.05) is 0 Å². The lowest BCUT2D eigenvalue weighted by Gasteiger charge is -2.18. The van der Waals surface area contributed by atoms with Gasteiger partial charge in [-0.1, -0.05) is 6.92 Å². The van der Waals surface area contributed by atoms with E-state index in [2.05, 4.69) is 4.18 Å². The van der Waals surface area contributed by atoms with Gasteiger partial charge in [0.1, 0.15) is 30.0 Å². The molecular weight excluding hydrogens is 318 g/mol. The van der Waals surface area contributed by atoms with Crippen LogP contribution in [0.3, 0.4) is 0 Å². The first-order chi connectivity index (χ1) is 9.10. The number of hydrogen-bond donors (Lipinski definition) is 0. The smallest absolute Gasteiger partial charge is 0.267 e. The molecule has 10 heteroatoms. The molecule has 0 amide bonds. The molecule has 0 aliphatic carbocycles. The van der Waals surface area contributed by atoms with Crippen LogP contribution in [0.4, 0.5) is 8.78 Å². The van der Waals surface area contributed by atoms with Crippen molar-refractivity contribution in [1.29, 1.82) is 0 Å². The Morgan fingerprint density at radius 2 is 1.40 bits per heavy atom. The zero-order chi connectivity index (χ0) is 16.0. The van der Waals surface area contributed by atoms with Crippen LogP contribution in [0, 0.1) is 0 Å². The van der Waals surface area contributed by atoms with Crippen molar-refractivity contribution in [3.05, 3.63) is 0 Å². The first-order valence-electron chi connectivity index (χ1n) is 6.03. The third kappa shape index (κ3) is 5.98. The van der Waals surface area contributed by atoms with Gasteiger partial charge in [0.15, 0.2) is 0 Å². The summed E-state index contributed by atoms with van der Waals surface area (Å²) >= 11 is 0. The molecule has 0 aromatic rings. The summed E-state index contributed by atoms with van der Waals surface area (Å²) in [4.78, 5) is 0. The minimum Gasteiger partial charge on any atom is -0.267 e. The van der Waals surface area contributed by atoms with Crippen LogP contribution in [0.15, 0.2) is 0 Å². The lowest BCUT2D eigenvalue weighted by atomic mass is 10.3. The van der Waals surface area contributed by atoms with Crippen LogP contribution in [0.25, 0.3) is 0 Å². The third-order valence-corrected chi connectivity index (χ3v) is 5.79. The Hall–Kier alpha value is -0.320. The van der Waals surface area contributed by atoms with E-state index in [1.165, 1.54) is 0 Å². The molecule has 3 unspecified atom stereocenters. The molecule has 0 bridgehead atoms. The van der Waals surface area contributed by atoms with Gasteiger partial charge in [-0.3, -0.25) is 8.37 Å². The summed E-state index contributed by atoms with van der Waals surface area (Å²) in [6.45, 7) is 1.01. The van der Waals surface area contributed by atoms with E-state index in [0.717, 1.165) is 13.8 Å². The summed E-state index contributed by atoms with van der Waals surface area (Å²) in [5.74, 6) is 0.